The molecule has 0 aliphatic carbocycles. The van der Waals surface area contributed by atoms with Gasteiger partial charge in [-0.1, -0.05) is 11.8 Å². The summed E-state index contributed by atoms with van der Waals surface area (Å²) in [5.74, 6) is 0.761. The molecular weight excluding hydrogens is 238 g/mol. The lowest BCUT2D eigenvalue weighted by atomic mass is 10.5. The smallest absolute Gasteiger partial charge is 0.192 e. The zero-order chi connectivity index (χ0) is 10.6. The van der Waals surface area contributed by atoms with Crippen molar-refractivity contribution in [3.63, 3.8) is 0 Å². The lowest BCUT2D eigenvalue weighted by Gasteiger charge is -1.99. The Hall–Kier alpha value is -0.860. The molecule has 0 radical (unpaired) electrons. The number of nitrogens with two attached hydrogens (primary N) is 2. The highest BCUT2D eigenvalue weighted by atomic mass is 32.2. The van der Waals surface area contributed by atoms with Gasteiger partial charge in [0, 0.05) is 17.6 Å². The quantitative estimate of drug-likeness (QED) is 0.469. The second-order valence-electron chi connectivity index (χ2n) is 2.35. The highest BCUT2D eigenvalue weighted by Gasteiger charge is 2.13. The van der Waals surface area contributed by atoms with Crippen molar-refractivity contribution in [2.45, 2.75) is 0 Å². The van der Waals surface area contributed by atoms with E-state index < -0.39 is 0 Å². The summed E-state index contributed by atoms with van der Waals surface area (Å²) in [5, 5.41) is 6.75. The third-order valence-corrected chi connectivity index (χ3v) is 2.36. The molecule has 6 N–H and O–H groups in total. The molecule has 0 unspecified atom stereocenters. The number of nitrogens with one attached hydrogen (secondary N) is 2. The van der Waals surface area contributed by atoms with Gasteiger partial charge in [-0.3, -0.25) is 0 Å². The number of thiocarbonyl (C=S) groups is 2. The van der Waals surface area contributed by atoms with Crippen molar-refractivity contribution < 1.29 is 0 Å². The maximum absolute atomic E-state index is 5.26. The van der Waals surface area contributed by atoms with E-state index in [1.165, 1.54) is 11.8 Å². The second kappa shape index (κ2) is 5.13. The molecule has 0 atom stereocenters. The largest absolute Gasteiger partial charge is 0.376 e. The first-order valence-electron chi connectivity index (χ1n) is 3.61. The predicted octanol–water partition coefficient (Wildman–Crippen LogP) is -0.403. The van der Waals surface area contributed by atoms with Crippen LogP contribution in [0.3, 0.4) is 0 Å². The maximum atomic E-state index is 5.26. The Morgan fingerprint density at radius 3 is 2.86 bits per heavy atom. The van der Waals surface area contributed by atoms with Gasteiger partial charge in [-0.2, -0.15) is 4.99 Å². The molecule has 0 amide bonds. The van der Waals surface area contributed by atoms with E-state index in [4.69, 9.17) is 11.5 Å². The van der Waals surface area contributed by atoms with Gasteiger partial charge in [0.05, 0.1) is 0 Å². The van der Waals surface area contributed by atoms with Crippen molar-refractivity contribution >= 4 is 51.6 Å². The van der Waals surface area contributed by atoms with Crippen LogP contribution in [0.1, 0.15) is 0 Å². The zero-order valence-electron chi connectivity index (χ0n) is 7.11. The van der Waals surface area contributed by atoms with Crippen molar-refractivity contribution in [3.8, 4) is 0 Å². The van der Waals surface area contributed by atoms with Gasteiger partial charge in [0.2, 0.25) is 0 Å². The number of thioether (sulfide) groups is 1. The molecule has 1 fully saturated rings. The molecule has 76 valence electrons. The van der Waals surface area contributed by atoms with E-state index in [1.807, 2.05) is 0 Å². The molecule has 0 aromatic rings. The summed E-state index contributed by atoms with van der Waals surface area (Å²) in [6.07, 6.45) is 1.69. The van der Waals surface area contributed by atoms with E-state index in [2.05, 4.69) is 40.1 Å². The van der Waals surface area contributed by atoms with Crippen LogP contribution in [0.4, 0.5) is 0 Å². The monoisotopic (exact) mass is 247 g/mol. The van der Waals surface area contributed by atoms with E-state index in [9.17, 15) is 0 Å². The maximum Gasteiger partial charge on any atom is 0.192 e. The summed E-state index contributed by atoms with van der Waals surface area (Å²) in [6, 6.07) is 0. The van der Waals surface area contributed by atoms with Gasteiger partial charge < -0.3 is 22.1 Å². The number of rotatable bonds is 1. The van der Waals surface area contributed by atoms with Crippen LogP contribution < -0.4 is 22.1 Å². The molecule has 1 aliphatic rings. The third kappa shape index (κ3) is 3.90. The van der Waals surface area contributed by atoms with Gasteiger partial charge in [-0.15, -0.1) is 0 Å². The Labute approximate surface area is 96.4 Å². The number of nitrogens with zero attached hydrogens (tertiary/aromatic N) is 1. The summed E-state index contributed by atoms with van der Waals surface area (Å²) >= 11 is 10.8. The molecule has 8 heteroatoms. The summed E-state index contributed by atoms with van der Waals surface area (Å²) in [4.78, 5) is 3.90. The number of hydrogen-bond acceptors (Lipinski definition) is 3. The SMILES string of the molecule is NC(=S)N=C1N/C(=C/NC(N)=S)CS1. The molecule has 1 saturated heterocycles. The molecule has 5 nitrogen and oxygen atoms in total. The first-order chi connectivity index (χ1) is 6.58. The fourth-order valence-corrected chi connectivity index (χ4v) is 1.77. The summed E-state index contributed by atoms with van der Waals surface area (Å²) < 4.78 is 0. The lowest BCUT2D eigenvalue weighted by molar-refractivity contribution is 1.11. The molecule has 0 aromatic carbocycles. The van der Waals surface area contributed by atoms with E-state index in [0.29, 0.717) is 5.17 Å². The van der Waals surface area contributed by atoms with Gasteiger partial charge in [-0.05, 0) is 24.4 Å². The van der Waals surface area contributed by atoms with Gasteiger partial charge in [0.1, 0.15) is 0 Å². The first kappa shape index (κ1) is 11.2. The van der Waals surface area contributed by atoms with Crippen molar-refractivity contribution in [2.24, 2.45) is 16.5 Å². The summed E-state index contributed by atoms with van der Waals surface area (Å²) in [5.41, 5.74) is 11.4. The molecule has 0 bridgehead atoms. The molecule has 14 heavy (non-hydrogen) atoms. The minimum atomic E-state index is 0.114. The molecule has 0 saturated carbocycles. The Balaban J connectivity index is 2.53. The van der Waals surface area contributed by atoms with Crippen LogP contribution >= 0.6 is 36.2 Å². The van der Waals surface area contributed by atoms with Crippen molar-refractivity contribution in [1.82, 2.24) is 10.6 Å². The lowest BCUT2D eigenvalue weighted by Crippen LogP contribution is -2.26. The van der Waals surface area contributed by atoms with Crippen molar-refractivity contribution in [3.05, 3.63) is 11.9 Å². The van der Waals surface area contributed by atoms with Crippen LogP contribution in [0.15, 0.2) is 16.9 Å². The van der Waals surface area contributed by atoms with E-state index in [0.717, 1.165) is 11.4 Å². The highest BCUT2D eigenvalue weighted by molar-refractivity contribution is 8.14. The molecule has 0 spiro atoms. The molecule has 0 aromatic heterocycles. The van der Waals surface area contributed by atoms with Crippen molar-refractivity contribution in [2.75, 3.05) is 5.75 Å². The summed E-state index contributed by atoms with van der Waals surface area (Å²) in [6.45, 7) is 0. The fraction of sp³-hybridized carbons (Fsp3) is 0.167. The Morgan fingerprint density at radius 1 is 1.57 bits per heavy atom. The Bertz CT molecular complexity index is 321. The second-order valence-corrected chi connectivity index (χ2v) is 4.17. The molecule has 1 aliphatic heterocycles. The standard InChI is InChI=1S/C6H9N5S3/c7-4(12)9-1-3-2-14-6(10-3)11-5(8)13/h1H,2H2,(H3,7,9,12)(H3,8,10,11,13)/b3-1+. The normalized spacial score (nSPS) is 20.9. The number of aliphatic imine (C=N–C) groups is 1. The van der Waals surface area contributed by atoms with Crippen LogP contribution in [-0.4, -0.2) is 21.1 Å². The zero-order valence-corrected chi connectivity index (χ0v) is 9.56. The van der Waals surface area contributed by atoms with Crippen molar-refractivity contribution in [1.29, 1.82) is 0 Å². The van der Waals surface area contributed by atoms with E-state index in [-0.39, 0.29) is 10.2 Å². The number of hydrogen-bond donors (Lipinski definition) is 4. The molecule has 1 heterocycles. The minimum absolute atomic E-state index is 0.114. The average Bonchev–Trinajstić information content (AvgIpc) is 2.47. The third-order valence-electron chi connectivity index (χ3n) is 1.23. The van der Waals surface area contributed by atoms with Crippen LogP contribution in [-0.2, 0) is 0 Å². The Kier molecular flexibility index (Phi) is 4.11. The fourth-order valence-electron chi connectivity index (χ4n) is 0.752. The minimum Gasteiger partial charge on any atom is -0.376 e. The molecular formula is C6H9N5S3. The number of amidine groups is 1. The van der Waals surface area contributed by atoms with Crippen LogP contribution in [0.2, 0.25) is 0 Å². The highest BCUT2D eigenvalue weighted by Crippen LogP contribution is 2.15. The van der Waals surface area contributed by atoms with Gasteiger partial charge in [0.15, 0.2) is 15.4 Å². The molecule has 1 rings (SSSR count). The summed E-state index contributed by atoms with van der Waals surface area (Å²) in [7, 11) is 0. The van der Waals surface area contributed by atoms with E-state index >= 15 is 0 Å². The van der Waals surface area contributed by atoms with Crippen LogP contribution in [0, 0.1) is 0 Å². The average molecular weight is 247 g/mol. The Morgan fingerprint density at radius 2 is 2.29 bits per heavy atom. The van der Waals surface area contributed by atoms with Crippen LogP contribution in [0.5, 0.6) is 0 Å². The predicted molar refractivity (Wildman–Crippen MR) is 67.8 cm³/mol. The van der Waals surface area contributed by atoms with Gasteiger partial charge in [-0.25, -0.2) is 0 Å². The van der Waals surface area contributed by atoms with Gasteiger partial charge in [0.25, 0.3) is 0 Å². The van der Waals surface area contributed by atoms with Gasteiger partial charge >= 0.3 is 0 Å². The first-order valence-corrected chi connectivity index (χ1v) is 5.41. The van der Waals surface area contributed by atoms with Crippen LogP contribution in [0.25, 0.3) is 0 Å². The van der Waals surface area contributed by atoms with E-state index in [1.54, 1.807) is 6.20 Å². The topological polar surface area (TPSA) is 88.5 Å².